The predicted molar refractivity (Wildman–Crippen MR) is 151 cm³/mol. The Hall–Kier alpha value is -3.64. The van der Waals surface area contributed by atoms with Gasteiger partial charge in [0.25, 0.3) is 0 Å². The largest absolute Gasteiger partial charge is 0.463 e. The number of carbonyl (C=O) groups excluding carboxylic acids is 3. The van der Waals surface area contributed by atoms with Crippen LogP contribution in [0, 0.1) is 12.7 Å². The minimum Gasteiger partial charge on any atom is -0.463 e. The molecule has 224 valence electrons. The summed E-state index contributed by atoms with van der Waals surface area (Å²) in [6.07, 6.45) is -4.97. The summed E-state index contributed by atoms with van der Waals surface area (Å²) in [4.78, 5) is 37.9. The van der Waals surface area contributed by atoms with Crippen LogP contribution < -0.4 is 0 Å². The Balaban J connectivity index is 1.75. The fourth-order valence-corrected chi connectivity index (χ4v) is 6.01. The zero-order valence-corrected chi connectivity index (χ0v) is 24.7. The molecule has 5 atom stereocenters. The van der Waals surface area contributed by atoms with E-state index in [1.807, 2.05) is 31.2 Å². The lowest BCUT2D eigenvalue weighted by Gasteiger charge is -2.49. The van der Waals surface area contributed by atoms with E-state index in [2.05, 4.69) is 0 Å². The van der Waals surface area contributed by atoms with Gasteiger partial charge < -0.3 is 28.8 Å². The molecule has 11 heteroatoms. The van der Waals surface area contributed by atoms with Crippen molar-refractivity contribution in [3.05, 3.63) is 82.0 Å². The Kier molecular flexibility index (Phi) is 9.78. The Morgan fingerprint density at radius 2 is 1.67 bits per heavy atom. The topological polar surface area (TPSA) is 118 Å². The van der Waals surface area contributed by atoms with Crippen molar-refractivity contribution in [1.29, 1.82) is 0 Å². The number of hydrogen-bond donors (Lipinski definition) is 1. The molecule has 2 heterocycles. The summed E-state index contributed by atoms with van der Waals surface area (Å²) in [5, 5.41) is 11.1. The maximum absolute atomic E-state index is 13.4. The second kappa shape index (κ2) is 13.1. The molecule has 2 aromatic carbocycles. The number of aliphatic hydroxyl groups excluding tert-OH is 1. The molecule has 0 amide bonds. The Labute approximate surface area is 247 Å². The molecule has 0 radical (unpaired) electrons. The van der Waals surface area contributed by atoms with Crippen LogP contribution >= 0.6 is 11.3 Å². The van der Waals surface area contributed by atoms with E-state index in [9.17, 15) is 23.9 Å². The van der Waals surface area contributed by atoms with Gasteiger partial charge in [0.2, 0.25) is 5.79 Å². The average molecular weight is 601 g/mol. The summed E-state index contributed by atoms with van der Waals surface area (Å²) >= 11 is 1.57. The van der Waals surface area contributed by atoms with Crippen molar-refractivity contribution in [3.8, 4) is 10.4 Å². The van der Waals surface area contributed by atoms with E-state index >= 15 is 0 Å². The first-order valence-electron chi connectivity index (χ1n) is 13.3. The number of thiophene rings is 1. The summed E-state index contributed by atoms with van der Waals surface area (Å²) in [7, 11) is 1.34. The third-order valence-electron chi connectivity index (χ3n) is 6.97. The van der Waals surface area contributed by atoms with Gasteiger partial charge in [-0.2, -0.15) is 0 Å². The number of aryl methyl sites for hydroxylation is 1. The number of methoxy groups -OCH3 is 1. The van der Waals surface area contributed by atoms with Crippen LogP contribution in [0.4, 0.5) is 4.39 Å². The van der Waals surface area contributed by atoms with Crippen LogP contribution in [-0.4, -0.2) is 61.1 Å². The van der Waals surface area contributed by atoms with Crippen molar-refractivity contribution in [2.75, 3.05) is 13.7 Å². The molecular weight excluding hydrogens is 567 g/mol. The Bertz CT molecular complexity index is 1440. The van der Waals surface area contributed by atoms with Gasteiger partial charge in [-0.05, 0) is 53.9 Å². The van der Waals surface area contributed by atoms with Crippen molar-refractivity contribution in [2.24, 2.45) is 0 Å². The third kappa shape index (κ3) is 6.87. The van der Waals surface area contributed by atoms with E-state index in [-0.39, 0.29) is 12.4 Å². The lowest BCUT2D eigenvalue weighted by Crippen LogP contribution is -2.66. The number of carbonyl (C=O) groups is 3. The van der Waals surface area contributed by atoms with Crippen LogP contribution in [0.3, 0.4) is 0 Å². The molecule has 0 bridgehead atoms. The van der Waals surface area contributed by atoms with Crippen molar-refractivity contribution >= 4 is 29.2 Å². The molecule has 1 aliphatic rings. The molecule has 1 aliphatic heterocycles. The van der Waals surface area contributed by atoms with E-state index in [0.717, 1.165) is 33.4 Å². The van der Waals surface area contributed by atoms with Crippen LogP contribution in [0.2, 0.25) is 0 Å². The molecule has 0 spiro atoms. The molecular formula is C31H33FO9S. The van der Waals surface area contributed by atoms with Gasteiger partial charge in [0.15, 0.2) is 12.2 Å². The minimum absolute atomic E-state index is 0.300. The predicted octanol–water partition coefficient (Wildman–Crippen LogP) is 4.44. The van der Waals surface area contributed by atoms with Gasteiger partial charge in [0.1, 0.15) is 24.6 Å². The first-order valence-corrected chi connectivity index (χ1v) is 14.1. The van der Waals surface area contributed by atoms with Crippen molar-refractivity contribution in [2.45, 2.75) is 64.3 Å². The summed E-state index contributed by atoms with van der Waals surface area (Å²) in [6.45, 7) is 5.13. The van der Waals surface area contributed by atoms with Gasteiger partial charge >= 0.3 is 17.9 Å². The van der Waals surface area contributed by atoms with Crippen LogP contribution in [0.15, 0.2) is 54.6 Å². The van der Waals surface area contributed by atoms with Crippen molar-refractivity contribution < 1.29 is 47.6 Å². The second-order valence-electron chi connectivity index (χ2n) is 10.0. The number of aliphatic hydroxyl groups is 1. The van der Waals surface area contributed by atoms with E-state index in [1.54, 1.807) is 29.5 Å². The maximum atomic E-state index is 13.4. The highest BCUT2D eigenvalue weighted by Gasteiger charge is 2.60. The van der Waals surface area contributed by atoms with Crippen LogP contribution in [0.1, 0.15) is 42.3 Å². The molecule has 0 aliphatic carbocycles. The Morgan fingerprint density at radius 1 is 0.976 bits per heavy atom. The summed E-state index contributed by atoms with van der Waals surface area (Å²) in [5.41, 5.74) is 3.22. The molecule has 1 aromatic heterocycles. The lowest BCUT2D eigenvalue weighted by atomic mass is 9.86. The van der Waals surface area contributed by atoms with E-state index in [4.69, 9.17) is 23.7 Å². The standard InChI is InChI=1S/C31H33FO9S/c1-17-6-9-23(14-22(17)15-25-12-13-27(42-25)21-7-10-24(32)11-8-21)31(37-5)30(40-20(4)35)29(39-19(3)34)28(36)26(41-31)16-38-18(2)33/h6-14,26,28-30,36H,15-16H2,1-5H3/t26-,28-,29+,30-,31?/m1/s1. The van der Waals surface area contributed by atoms with Crippen LogP contribution in [0.5, 0.6) is 0 Å². The second-order valence-corrected chi connectivity index (χ2v) is 11.2. The molecule has 0 saturated carbocycles. The van der Waals surface area contributed by atoms with Crippen molar-refractivity contribution in [1.82, 2.24) is 0 Å². The van der Waals surface area contributed by atoms with Gasteiger partial charge in [-0.3, -0.25) is 14.4 Å². The highest BCUT2D eigenvalue weighted by molar-refractivity contribution is 7.15. The monoisotopic (exact) mass is 600 g/mol. The number of benzene rings is 2. The fraction of sp³-hybridized carbons (Fsp3) is 0.387. The number of rotatable bonds is 9. The molecule has 1 fully saturated rings. The van der Waals surface area contributed by atoms with Crippen LogP contribution in [-0.2, 0) is 50.3 Å². The van der Waals surface area contributed by atoms with Gasteiger partial charge in [-0.15, -0.1) is 11.3 Å². The van der Waals surface area contributed by atoms with Gasteiger partial charge in [0.05, 0.1) is 0 Å². The lowest BCUT2D eigenvalue weighted by molar-refractivity contribution is -0.367. The number of hydrogen-bond acceptors (Lipinski definition) is 10. The number of ether oxygens (including phenoxy) is 5. The van der Waals surface area contributed by atoms with Crippen LogP contribution in [0.25, 0.3) is 10.4 Å². The third-order valence-corrected chi connectivity index (χ3v) is 8.11. The van der Waals surface area contributed by atoms with E-state index < -0.39 is 48.1 Å². The molecule has 9 nitrogen and oxygen atoms in total. The highest BCUT2D eigenvalue weighted by Crippen LogP contribution is 2.43. The minimum atomic E-state index is -1.84. The first kappa shape index (κ1) is 31.3. The normalized spacial score (nSPS) is 23.7. The zero-order valence-electron chi connectivity index (χ0n) is 23.9. The zero-order chi connectivity index (χ0) is 30.6. The molecule has 4 rings (SSSR count). The maximum Gasteiger partial charge on any atom is 0.303 e. The molecule has 1 saturated heterocycles. The summed E-state index contributed by atoms with van der Waals surface area (Å²) in [5.74, 6) is -4.19. The quantitative estimate of drug-likeness (QED) is 0.281. The first-order chi connectivity index (χ1) is 19.9. The molecule has 1 N–H and O–H groups in total. The SMILES string of the molecule is COC1(c2ccc(C)c(Cc3ccc(-c4ccc(F)cc4)s3)c2)O[C@H](COC(C)=O)[C@@H](O)[C@H](OC(C)=O)[C@H]1OC(C)=O. The smallest absolute Gasteiger partial charge is 0.303 e. The number of esters is 3. The van der Waals surface area contributed by atoms with Crippen molar-refractivity contribution in [3.63, 3.8) is 0 Å². The van der Waals surface area contributed by atoms with E-state index in [0.29, 0.717) is 12.0 Å². The Morgan fingerprint density at radius 3 is 2.29 bits per heavy atom. The fourth-order valence-electron chi connectivity index (χ4n) is 4.97. The summed E-state index contributed by atoms with van der Waals surface area (Å²) in [6, 6.07) is 15.7. The number of halogens is 1. The summed E-state index contributed by atoms with van der Waals surface area (Å²) < 4.78 is 41.7. The highest BCUT2D eigenvalue weighted by atomic mass is 32.1. The molecule has 3 aromatic rings. The molecule has 42 heavy (non-hydrogen) atoms. The molecule has 1 unspecified atom stereocenters. The van der Waals surface area contributed by atoms with E-state index in [1.165, 1.54) is 33.1 Å². The van der Waals surface area contributed by atoms with Gasteiger partial charge in [-0.1, -0.05) is 24.3 Å². The van der Waals surface area contributed by atoms with Gasteiger partial charge in [0, 0.05) is 49.6 Å². The van der Waals surface area contributed by atoms with Gasteiger partial charge in [-0.25, -0.2) is 4.39 Å². The average Bonchev–Trinajstić information content (AvgIpc) is 3.40.